The molecule has 1 fully saturated rings. The minimum absolute atomic E-state index is 0.167. The lowest BCUT2D eigenvalue weighted by Crippen LogP contribution is -2.46. The predicted molar refractivity (Wildman–Crippen MR) is 129 cm³/mol. The lowest BCUT2D eigenvalue weighted by atomic mass is 9.84. The minimum atomic E-state index is -0.606. The zero-order valence-corrected chi connectivity index (χ0v) is 19.8. The molecule has 4 aromatic rings. The van der Waals surface area contributed by atoms with Crippen LogP contribution < -0.4 is 4.74 Å². The molecule has 2 aromatic carbocycles. The number of fused-ring (bicyclic) bond motifs is 3. The standard InChI is InChI=1S/C27H29N3O5/c1-2-25-28-29-26(35-25)24-14-20-22(8-5-9-23(20)34-24)32-17-19(31)15-30-12-10-27(11-13-30)21-7-4-3-6-18(21)16-33-27/h3-9,14,19,31H,2,10-13,15-17H2,1H3/t19-/m0/s1. The number of nitrogens with zero attached hydrogens (tertiary/aromatic N) is 3. The van der Waals surface area contributed by atoms with Crippen LogP contribution in [0.5, 0.6) is 5.75 Å². The maximum atomic E-state index is 10.7. The molecular weight excluding hydrogens is 446 g/mol. The van der Waals surface area contributed by atoms with Gasteiger partial charge in [-0.05, 0) is 36.1 Å². The summed E-state index contributed by atoms with van der Waals surface area (Å²) < 4.78 is 23.8. The lowest BCUT2D eigenvalue weighted by molar-refractivity contribution is -0.0835. The Labute approximate surface area is 203 Å². The van der Waals surface area contributed by atoms with Crippen molar-refractivity contribution >= 4 is 11.0 Å². The van der Waals surface area contributed by atoms with Crippen molar-refractivity contribution in [3.63, 3.8) is 0 Å². The highest BCUT2D eigenvalue weighted by Crippen LogP contribution is 2.44. The van der Waals surface area contributed by atoms with Crippen molar-refractivity contribution in [2.75, 3.05) is 26.2 Å². The van der Waals surface area contributed by atoms with Gasteiger partial charge < -0.3 is 28.3 Å². The van der Waals surface area contributed by atoms with E-state index in [0.717, 1.165) is 31.3 Å². The van der Waals surface area contributed by atoms with E-state index in [2.05, 4.69) is 39.4 Å². The summed E-state index contributed by atoms with van der Waals surface area (Å²) in [5, 5.41) is 19.6. The van der Waals surface area contributed by atoms with Gasteiger partial charge in [-0.15, -0.1) is 10.2 Å². The van der Waals surface area contributed by atoms with E-state index < -0.39 is 6.10 Å². The van der Waals surface area contributed by atoms with Crippen molar-refractivity contribution < 1.29 is 23.4 Å². The van der Waals surface area contributed by atoms with Crippen LogP contribution in [0.1, 0.15) is 36.8 Å². The van der Waals surface area contributed by atoms with Crippen LogP contribution in [0.15, 0.2) is 57.4 Å². The zero-order chi connectivity index (χ0) is 23.8. The van der Waals surface area contributed by atoms with Crippen LogP contribution in [0.3, 0.4) is 0 Å². The quantitative estimate of drug-likeness (QED) is 0.423. The third kappa shape index (κ3) is 4.22. The van der Waals surface area contributed by atoms with Gasteiger partial charge in [-0.2, -0.15) is 0 Å². The summed E-state index contributed by atoms with van der Waals surface area (Å²) in [6, 6.07) is 16.0. The van der Waals surface area contributed by atoms with Crippen molar-refractivity contribution in [1.29, 1.82) is 0 Å². The molecule has 1 N–H and O–H groups in total. The highest BCUT2D eigenvalue weighted by Gasteiger charge is 2.42. The molecule has 1 saturated heterocycles. The molecule has 0 amide bonds. The molecule has 0 bridgehead atoms. The van der Waals surface area contributed by atoms with Crippen LogP contribution in [0.2, 0.25) is 0 Å². The molecule has 0 radical (unpaired) electrons. The Bertz CT molecular complexity index is 1320. The van der Waals surface area contributed by atoms with Gasteiger partial charge in [0, 0.05) is 32.1 Å². The fraction of sp³-hybridized carbons (Fsp3) is 0.407. The van der Waals surface area contributed by atoms with Gasteiger partial charge in [0.05, 0.1) is 17.6 Å². The summed E-state index contributed by atoms with van der Waals surface area (Å²) in [5.74, 6) is 2.07. The summed E-state index contributed by atoms with van der Waals surface area (Å²) in [6.07, 6.45) is 1.93. The van der Waals surface area contributed by atoms with Crippen LogP contribution in [0.25, 0.3) is 22.6 Å². The molecule has 4 heterocycles. The van der Waals surface area contributed by atoms with Gasteiger partial charge in [0.2, 0.25) is 5.89 Å². The number of aliphatic hydroxyl groups excluding tert-OH is 1. The van der Waals surface area contributed by atoms with Crippen LogP contribution >= 0.6 is 0 Å². The number of rotatable bonds is 7. The Hall–Kier alpha value is -3.20. The summed E-state index contributed by atoms with van der Waals surface area (Å²) in [6.45, 7) is 5.18. The second-order valence-corrected chi connectivity index (χ2v) is 9.34. The normalized spacial score (nSPS) is 18.2. The van der Waals surface area contributed by atoms with E-state index >= 15 is 0 Å². The maximum absolute atomic E-state index is 10.7. The van der Waals surface area contributed by atoms with Crippen molar-refractivity contribution in [3.05, 3.63) is 65.5 Å². The first-order chi connectivity index (χ1) is 17.1. The molecule has 2 aromatic heterocycles. The Kier molecular flexibility index (Phi) is 5.80. The molecule has 0 unspecified atom stereocenters. The number of benzene rings is 2. The molecule has 182 valence electrons. The molecule has 1 atom stereocenters. The fourth-order valence-electron chi connectivity index (χ4n) is 5.19. The van der Waals surface area contributed by atoms with E-state index in [0.29, 0.717) is 48.4 Å². The maximum Gasteiger partial charge on any atom is 0.283 e. The zero-order valence-electron chi connectivity index (χ0n) is 19.8. The van der Waals surface area contributed by atoms with Crippen molar-refractivity contribution in [2.24, 2.45) is 0 Å². The topological polar surface area (TPSA) is 94.0 Å². The SMILES string of the molecule is CCc1nnc(-c2cc3c(OC[C@@H](O)CN4CCC5(CC4)OCc4ccccc45)cccc3o2)o1. The number of piperidine rings is 1. The monoisotopic (exact) mass is 475 g/mol. The number of hydrogen-bond donors (Lipinski definition) is 1. The number of furan rings is 1. The average molecular weight is 476 g/mol. The first kappa shape index (κ1) is 22.3. The van der Waals surface area contributed by atoms with Gasteiger partial charge in [-0.25, -0.2) is 0 Å². The highest BCUT2D eigenvalue weighted by atomic mass is 16.5. The van der Waals surface area contributed by atoms with E-state index in [1.165, 1.54) is 11.1 Å². The summed E-state index contributed by atoms with van der Waals surface area (Å²) >= 11 is 0. The first-order valence-corrected chi connectivity index (χ1v) is 12.2. The number of ether oxygens (including phenoxy) is 2. The second kappa shape index (κ2) is 9.11. The summed E-state index contributed by atoms with van der Waals surface area (Å²) in [5.41, 5.74) is 3.14. The van der Waals surface area contributed by atoms with E-state index in [9.17, 15) is 5.11 Å². The van der Waals surface area contributed by atoms with Crippen LogP contribution in [0, 0.1) is 0 Å². The van der Waals surface area contributed by atoms with Crippen LogP contribution in [0.4, 0.5) is 0 Å². The van der Waals surface area contributed by atoms with Crippen LogP contribution in [-0.2, 0) is 23.4 Å². The average Bonchev–Trinajstić information content (AvgIpc) is 3.62. The third-order valence-corrected chi connectivity index (χ3v) is 7.08. The summed E-state index contributed by atoms with van der Waals surface area (Å²) in [4.78, 5) is 2.29. The second-order valence-electron chi connectivity index (χ2n) is 9.34. The number of hydrogen-bond acceptors (Lipinski definition) is 8. The molecule has 35 heavy (non-hydrogen) atoms. The van der Waals surface area contributed by atoms with Crippen molar-refractivity contribution in [1.82, 2.24) is 15.1 Å². The molecule has 8 nitrogen and oxygen atoms in total. The first-order valence-electron chi connectivity index (χ1n) is 12.2. The van der Waals surface area contributed by atoms with Gasteiger partial charge in [-0.1, -0.05) is 37.3 Å². The third-order valence-electron chi connectivity index (χ3n) is 7.08. The highest BCUT2D eigenvalue weighted by molar-refractivity contribution is 5.87. The Morgan fingerprint density at radius 1 is 1.09 bits per heavy atom. The largest absolute Gasteiger partial charge is 0.490 e. The van der Waals surface area contributed by atoms with E-state index in [1.807, 2.05) is 31.2 Å². The molecule has 6 rings (SSSR count). The Morgan fingerprint density at radius 3 is 2.77 bits per heavy atom. The van der Waals surface area contributed by atoms with Gasteiger partial charge in [0.1, 0.15) is 24.0 Å². The molecule has 0 aliphatic carbocycles. The number of aryl methyl sites for hydroxylation is 1. The van der Waals surface area contributed by atoms with Gasteiger partial charge >= 0.3 is 0 Å². The summed E-state index contributed by atoms with van der Waals surface area (Å²) in [7, 11) is 0. The molecule has 8 heteroatoms. The van der Waals surface area contributed by atoms with Gasteiger partial charge in [0.15, 0.2) is 5.76 Å². The van der Waals surface area contributed by atoms with Crippen LogP contribution in [-0.4, -0.2) is 52.5 Å². The Morgan fingerprint density at radius 2 is 1.94 bits per heavy atom. The van der Waals surface area contributed by atoms with Crippen molar-refractivity contribution in [2.45, 2.75) is 44.5 Å². The number of likely N-dealkylation sites (tertiary alicyclic amines) is 1. The fourth-order valence-corrected chi connectivity index (χ4v) is 5.19. The Balaban J connectivity index is 1.07. The van der Waals surface area contributed by atoms with E-state index in [-0.39, 0.29) is 12.2 Å². The molecular formula is C27H29N3O5. The smallest absolute Gasteiger partial charge is 0.283 e. The lowest BCUT2D eigenvalue weighted by Gasteiger charge is -2.39. The predicted octanol–water partition coefficient (Wildman–Crippen LogP) is 4.31. The molecule has 1 spiro atoms. The van der Waals surface area contributed by atoms with E-state index in [4.69, 9.17) is 18.3 Å². The van der Waals surface area contributed by atoms with Gasteiger partial charge in [0.25, 0.3) is 5.89 Å². The number of aromatic nitrogens is 2. The van der Waals surface area contributed by atoms with Crippen molar-refractivity contribution in [3.8, 4) is 17.4 Å². The van der Waals surface area contributed by atoms with Gasteiger partial charge in [-0.3, -0.25) is 0 Å². The molecule has 2 aliphatic heterocycles. The molecule has 0 saturated carbocycles. The van der Waals surface area contributed by atoms with E-state index in [1.54, 1.807) is 0 Å². The number of aliphatic hydroxyl groups is 1. The molecule has 2 aliphatic rings. The minimum Gasteiger partial charge on any atom is -0.490 e. The number of β-amino-alcohol motifs (C(OH)–C–C–N with tert-alkyl or cyclic N) is 1.